The number of hydrogen-bond donors (Lipinski definition) is 1. The molecule has 0 spiro atoms. The molecule has 0 saturated heterocycles. The molecule has 0 aromatic heterocycles. The van der Waals surface area contributed by atoms with Gasteiger partial charge in [-0.25, -0.2) is 8.78 Å². The molecule has 0 aliphatic carbocycles. The Morgan fingerprint density at radius 2 is 1.93 bits per heavy atom. The highest BCUT2D eigenvalue weighted by Gasteiger charge is 2.01. The minimum absolute atomic E-state index is 0.0246. The number of nitrogens with one attached hydrogen (secondary N) is 1. The molecule has 0 aliphatic heterocycles. The van der Waals surface area contributed by atoms with Crippen LogP contribution in [0, 0.1) is 24.0 Å². The van der Waals surface area contributed by atoms with Gasteiger partial charge in [0.2, 0.25) is 0 Å². The Bertz CT molecular complexity index is 348. The third kappa shape index (κ3) is 4.09. The van der Waals surface area contributed by atoms with E-state index in [4.69, 9.17) is 6.42 Å². The SMILES string of the molecule is C#CC(C)NCCc1cc(F)cc(F)c1. The minimum Gasteiger partial charge on any atom is -0.304 e. The van der Waals surface area contributed by atoms with Crippen molar-refractivity contribution in [3.8, 4) is 12.3 Å². The Balaban J connectivity index is 2.48. The van der Waals surface area contributed by atoms with Gasteiger partial charge in [0.15, 0.2) is 0 Å². The minimum atomic E-state index is -0.546. The van der Waals surface area contributed by atoms with E-state index in [0.29, 0.717) is 18.5 Å². The molecular weight excluding hydrogens is 196 g/mol. The van der Waals surface area contributed by atoms with Crippen LogP contribution in [0.4, 0.5) is 8.78 Å². The van der Waals surface area contributed by atoms with Crippen molar-refractivity contribution in [2.24, 2.45) is 0 Å². The second-order valence-electron chi connectivity index (χ2n) is 3.37. The summed E-state index contributed by atoms with van der Waals surface area (Å²) in [6, 6.07) is 3.49. The molecule has 0 fully saturated rings. The quantitative estimate of drug-likeness (QED) is 0.749. The standard InChI is InChI=1S/C12H13F2N/c1-3-9(2)15-5-4-10-6-11(13)8-12(14)7-10/h1,6-9,15H,4-5H2,2H3. The number of hydrogen-bond acceptors (Lipinski definition) is 1. The molecule has 0 amide bonds. The van der Waals surface area contributed by atoms with Crippen LogP contribution in [0.2, 0.25) is 0 Å². The van der Waals surface area contributed by atoms with Gasteiger partial charge in [-0.15, -0.1) is 6.42 Å². The van der Waals surface area contributed by atoms with Crippen LogP contribution >= 0.6 is 0 Å². The average molecular weight is 209 g/mol. The fourth-order valence-corrected chi connectivity index (χ4v) is 1.25. The van der Waals surface area contributed by atoms with Gasteiger partial charge < -0.3 is 5.32 Å². The Hall–Kier alpha value is -1.40. The van der Waals surface area contributed by atoms with Crippen LogP contribution in [0.1, 0.15) is 12.5 Å². The molecule has 80 valence electrons. The van der Waals surface area contributed by atoms with E-state index in [0.717, 1.165) is 6.07 Å². The lowest BCUT2D eigenvalue weighted by molar-refractivity contribution is 0.576. The van der Waals surface area contributed by atoms with Crippen LogP contribution in [0.25, 0.3) is 0 Å². The molecule has 0 saturated carbocycles. The first-order valence-electron chi connectivity index (χ1n) is 4.76. The van der Waals surface area contributed by atoms with Gasteiger partial charge in [-0.1, -0.05) is 5.92 Å². The van der Waals surface area contributed by atoms with Crippen LogP contribution in [0.3, 0.4) is 0 Å². The van der Waals surface area contributed by atoms with Crippen molar-refractivity contribution < 1.29 is 8.78 Å². The summed E-state index contributed by atoms with van der Waals surface area (Å²) in [5, 5.41) is 3.04. The molecule has 1 aromatic carbocycles. The van der Waals surface area contributed by atoms with Gasteiger partial charge in [0.05, 0.1) is 6.04 Å². The van der Waals surface area contributed by atoms with E-state index in [1.54, 1.807) is 0 Å². The number of terminal acetylenes is 1. The van der Waals surface area contributed by atoms with Crippen molar-refractivity contribution in [2.75, 3.05) is 6.54 Å². The van der Waals surface area contributed by atoms with E-state index >= 15 is 0 Å². The molecular formula is C12H13F2N. The lowest BCUT2D eigenvalue weighted by Crippen LogP contribution is -2.26. The highest BCUT2D eigenvalue weighted by Crippen LogP contribution is 2.08. The zero-order valence-corrected chi connectivity index (χ0v) is 8.56. The molecule has 1 nitrogen and oxygen atoms in total. The lowest BCUT2D eigenvalue weighted by Gasteiger charge is -2.07. The molecule has 1 rings (SSSR count). The molecule has 1 aromatic rings. The first-order valence-corrected chi connectivity index (χ1v) is 4.76. The Morgan fingerprint density at radius 1 is 1.33 bits per heavy atom. The predicted molar refractivity (Wildman–Crippen MR) is 56.4 cm³/mol. The number of rotatable bonds is 4. The fourth-order valence-electron chi connectivity index (χ4n) is 1.25. The fraction of sp³-hybridized carbons (Fsp3) is 0.333. The highest BCUT2D eigenvalue weighted by atomic mass is 19.1. The molecule has 0 aliphatic rings. The largest absolute Gasteiger partial charge is 0.304 e. The first kappa shape index (κ1) is 11.7. The second kappa shape index (κ2) is 5.47. The van der Waals surface area contributed by atoms with Crippen LogP contribution < -0.4 is 5.32 Å². The third-order valence-electron chi connectivity index (χ3n) is 2.04. The van der Waals surface area contributed by atoms with Gasteiger partial charge in [-0.05, 0) is 31.0 Å². The van der Waals surface area contributed by atoms with Gasteiger partial charge in [0.25, 0.3) is 0 Å². The van der Waals surface area contributed by atoms with Crippen LogP contribution in [-0.2, 0) is 6.42 Å². The molecule has 15 heavy (non-hydrogen) atoms. The first-order chi connectivity index (χ1) is 7.11. The maximum atomic E-state index is 12.8. The summed E-state index contributed by atoms with van der Waals surface area (Å²) in [5.41, 5.74) is 0.629. The van der Waals surface area contributed by atoms with E-state index in [9.17, 15) is 8.78 Å². The van der Waals surface area contributed by atoms with Gasteiger partial charge in [-0.3, -0.25) is 0 Å². The van der Waals surface area contributed by atoms with Crippen molar-refractivity contribution in [2.45, 2.75) is 19.4 Å². The van der Waals surface area contributed by atoms with E-state index < -0.39 is 11.6 Å². The van der Waals surface area contributed by atoms with E-state index in [1.807, 2.05) is 6.92 Å². The molecule has 3 heteroatoms. The topological polar surface area (TPSA) is 12.0 Å². The maximum absolute atomic E-state index is 12.8. The third-order valence-corrected chi connectivity index (χ3v) is 2.04. The van der Waals surface area contributed by atoms with Crippen molar-refractivity contribution in [3.63, 3.8) is 0 Å². The Labute approximate surface area is 88.5 Å². The van der Waals surface area contributed by atoms with Crippen LogP contribution in [-0.4, -0.2) is 12.6 Å². The van der Waals surface area contributed by atoms with Gasteiger partial charge in [0.1, 0.15) is 11.6 Å². The monoisotopic (exact) mass is 209 g/mol. The lowest BCUT2D eigenvalue weighted by atomic mass is 10.1. The molecule has 1 unspecified atom stereocenters. The van der Waals surface area contributed by atoms with Gasteiger partial charge >= 0.3 is 0 Å². The highest BCUT2D eigenvalue weighted by molar-refractivity contribution is 5.18. The van der Waals surface area contributed by atoms with Gasteiger partial charge in [0, 0.05) is 12.6 Å². The van der Waals surface area contributed by atoms with E-state index in [2.05, 4.69) is 11.2 Å². The summed E-state index contributed by atoms with van der Waals surface area (Å²) >= 11 is 0. The molecule has 0 radical (unpaired) electrons. The average Bonchev–Trinajstić information content (AvgIpc) is 2.16. The van der Waals surface area contributed by atoms with Crippen LogP contribution in [0.15, 0.2) is 18.2 Å². The Kier molecular flexibility index (Phi) is 4.26. The van der Waals surface area contributed by atoms with Crippen molar-refractivity contribution in [1.82, 2.24) is 5.32 Å². The molecule has 0 bridgehead atoms. The zero-order valence-electron chi connectivity index (χ0n) is 8.56. The Morgan fingerprint density at radius 3 is 2.47 bits per heavy atom. The predicted octanol–water partition coefficient (Wildman–Crippen LogP) is 2.12. The summed E-state index contributed by atoms with van der Waals surface area (Å²) in [6.45, 7) is 2.46. The van der Waals surface area contributed by atoms with Crippen molar-refractivity contribution in [1.29, 1.82) is 0 Å². The smallest absolute Gasteiger partial charge is 0.126 e. The number of benzene rings is 1. The normalized spacial score (nSPS) is 12.1. The summed E-state index contributed by atoms with van der Waals surface area (Å²) < 4.78 is 25.6. The summed E-state index contributed by atoms with van der Waals surface area (Å²) in [4.78, 5) is 0. The molecule has 1 atom stereocenters. The summed E-state index contributed by atoms with van der Waals surface area (Å²) in [5.74, 6) is 1.42. The zero-order chi connectivity index (χ0) is 11.3. The summed E-state index contributed by atoms with van der Waals surface area (Å²) in [7, 11) is 0. The molecule has 0 heterocycles. The van der Waals surface area contributed by atoms with E-state index in [1.165, 1.54) is 12.1 Å². The van der Waals surface area contributed by atoms with E-state index in [-0.39, 0.29) is 6.04 Å². The van der Waals surface area contributed by atoms with Gasteiger partial charge in [-0.2, -0.15) is 0 Å². The maximum Gasteiger partial charge on any atom is 0.126 e. The summed E-state index contributed by atoms with van der Waals surface area (Å²) in [6.07, 6.45) is 5.72. The van der Waals surface area contributed by atoms with Crippen molar-refractivity contribution >= 4 is 0 Å². The number of halogens is 2. The van der Waals surface area contributed by atoms with Crippen molar-refractivity contribution in [3.05, 3.63) is 35.4 Å². The second-order valence-corrected chi connectivity index (χ2v) is 3.37. The van der Waals surface area contributed by atoms with Crippen LogP contribution in [0.5, 0.6) is 0 Å². The molecule has 1 N–H and O–H groups in total.